The Morgan fingerprint density at radius 2 is 0.857 bits per heavy atom. The summed E-state index contributed by atoms with van der Waals surface area (Å²) < 4.78 is 0. The molecule has 6 nitrogen and oxygen atoms in total. The van der Waals surface area contributed by atoms with E-state index in [0.717, 1.165) is 102 Å². The minimum absolute atomic E-state index is 0.195. The molecule has 8 aromatic rings. The van der Waals surface area contributed by atoms with Crippen LogP contribution in [0.3, 0.4) is 0 Å². The number of aromatic nitrogens is 4. The van der Waals surface area contributed by atoms with Crippen LogP contribution in [0.15, 0.2) is 120 Å². The van der Waals surface area contributed by atoms with Crippen LogP contribution < -0.4 is 0 Å². The van der Waals surface area contributed by atoms with Gasteiger partial charge in [-0.2, -0.15) is 0 Å². The standard InChI is InChI=1S/C43H28N6/c1-43(2)33-19-23(35-21-31-37-27(7-3-15-44-37)29-9-5-17-46-39(29)41(31)48-35)11-13-25(33)26-14-12-24(20-34(26)43)36-22-32-38-28(8-4-16-45-38)30-10-6-18-47-40(30)42(32)49-36/h3-20H,21-22H2,1-2H3. The molecule has 0 atom stereocenters. The number of fused-ring (bicyclic) bond motifs is 15. The van der Waals surface area contributed by atoms with E-state index < -0.39 is 0 Å². The molecule has 2 aliphatic heterocycles. The molecule has 3 aliphatic rings. The van der Waals surface area contributed by atoms with Gasteiger partial charge in [0.05, 0.1) is 44.9 Å². The van der Waals surface area contributed by atoms with Crippen LogP contribution in [-0.4, -0.2) is 31.4 Å². The highest BCUT2D eigenvalue weighted by Crippen LogP contribution is 2.50. The summed E-state index contributed by atoms with van der Waals surface area (Å²) in [5.41, 5.74) is 17.6. The molecule has 0 unspecified atom stereocenters. The zero-order chi connectivity index (χ0) is 32.4. The second-order valence-corrected chi connectivity index (χ2v) is 13.9. The van der Waals surface area contributed by atoms with Gasteiger partial charge in [-0.3, -0.25) is 19.9 Å². The number of pyridine rings is 4. The summed E-state index contributed by atoms with van der Waals surface area (Å²) in [4.78, 5) is 29.6. The zero-order valence-corrected chi connectivity index (χ0v) is 27.0. The predicted octanol–water partition coefficient (Wildman–Crippen LogP) is 9.54. The molecule has 0 spiro atoms. The van der Waals surface area contributed by atoms with Crippen molar-refractivity contribution in [3.8, 4) is 11.1 Å². The summed E-state index contributed by atoms with van der Waals surface area (Å²) in [6.07, 6.45) is 8.93. The Morgan fingerprint density at radius 3 is 1.29 bits per heavy atom. The van der Waals surface area contributed by atoms with E-state index in [2.05, 4.69) is 74.5 Å². The van der Waals surface area contributed by atoms with Crippen LogP contribution in [0.2, 0.25) is 0 Å². The quantitative estimate of drug-likeness (QED) is 0.179. The number of aliphatic imine (C=N–C) groups is 2. The van der Waals surface area contributed by atoms with E-state index in [1.54, 1.807) is 0 Å². The molecule has 6 heteroatoms. The second-order valence-electron chi connectivity index (χ2n) is 13.9. The van der Waals surface area contributed by atoms with Crippen molar-refractivity contribution in [2.75, 3.05) is 0 Å². The fraction of sp³-hybridized carbons (Fsp3) is 0.116. The largest absolute Gasteiger partial charge is 0.256 e. The lowest BCUT2D eigenvalue weighted by atomic mass is 9.81. The third kappa shape index (κ3) is 3.60. The topological polar surface area (TPSA) is 76.3 Å². The van der Waals surface area contributed by atoms with Crippen molar-refractivity contribution in [3.63, 3.8) is 0 Å². The van der Waals surface area contributed by atoms with Gasteiger partial charge >= 0.3 is 0 Å². The molecule has 0 N–H and O–H groups in total. The van der Waals surface area contributed by atoms with Crippen molar-refractivity contribution in [3.05, 3.63) is 143 Å². The maximum atomic E-state index is 5.24. The fourth-order valence-electron chi connectivity index (χ4n) is 8.55. The number of rotatable bonds is 2. The smallest absolute Gasteiger partial charge is 0.0969 e. The van der Waals surface area contributed by atoms with Crippen molar-refractivity contribution in [2.45, 2.75) is 32.1 Å². The summed E-state index contributed by atoms with van der Waals surface area (Å²) >= 11 is 0. The van der Waals surface area contributed by atoms with Crippen molar-refractivity contribution >= 4 is 66.4 Å². The van der Waals surface area contributed by atoms with Crippen LogP contribution in [0.4, 0.5) is 11.4 Å². The van der Waals surface area contributed by atoms with E-state index in [-0.39, 0.29) is 5.41 Å². The normalized spacial score (nSPS) is 15.4. The van der Waals surface area contributed by atoms with Gasteiger partial charge in [0.2, 0.25) is 0 Å². The summed E-state index contributed by atoms with van der Waals surface area (Å²) in [5.74, 6) is 0. The van der Waals surface area contributed by atoms with E-state index in [1.165, 1.54) is 22.3 Å². The molecule has 1 aliphatic carbocycles. The van der Waals surface area contributed by atoms with Crippen LogP contribution in [0.25, 0.3) is 54.7 Å². The first-order valence-corrected chi connectivity index (χ1v) is 16.8. The molecule has 0 saturated heterocycles. The summed E-state index contributed by atoms with van der Waals surface area (Å²) in [5, 5.41) is 4.45. The molecule has 0 amide bonds. The molecular weight excluding hydrogens is 601 g/mol. The van der Waals surface area contributed by atoms with Crippen molar-refractivity contribution in [1.29, 1.82) is 0 Å². The minimum atomic E-state index is -0.195. The molecule has 4 aromatic carbocycles. The van der Waals surface area contributed by atoms with Crippen LogP contribution in [0.1, 0.15) is 47.2 Å². The summed E-state index contributed by atoms with van der Waals surface area (Å²) in [7, 11) is 0. The fourth-order valence-corrected chi connectivity index (χ4v) is 8.55. The maximum Gasteiger partial charge on any atom is 0.0969 e. The lowest BCUT2D eigenvalue weighted by molar-refractivity contribution is 0.660. The SMILES string of the molecule is CC1(C)c2cc(C3=Nc4c(c5ncccc5c5cccnc45)C3)ccc2-c2ccc(C3=Nc4c(c5ncccc5c5cccnc45)C3)cc21. The average Bonchev–Trinajstić information content (AvgIpc) is 3.86. The van der Waals surface area contributed by atoms with Crippen LogP contribution in [0.5, 0.6) is 0 Å². The molecule has 6 heterocycles. The molecule has 0 bridgehead atoms. The Hall–Kier alpha value is -6.14. The molecule has 230 valence electrons. The van der Waals surface area contributed by atoms with Gasteiger partial charge in [0.15, 0.2) is 0 Å². The van der Waals surface area contributed by atoms with Crippen LogP contribution in [-0.2, 0) is 18.3 Å². The number of hydrogen-bond donors (Lipinski definition) is 0. The number of benzene rings is 4. The lowest BCUT2D eigenvalue weighted by Crippen LogP contribution is -2.16. The number of hydrogen-bond acceptors (Lipinski definition) is 6. The van der Waals surface area contributed by atoms with Gasteiger partial charge < -0.3 is 0 Å². The molecule has 0 saturated carbocycles. The molecule has 0 radical (unpaired) electrons. The number of nitrogens with zero attached hydrogens (tertiary/aromatic N) is 6. The monoisotopic (exact) mass is 628 g/mol. The van der Waals surface area contributed by atoms with E-state index in [1.807, 2.05) is 49.1 Å². The molecule has 11 rings (SSSR count). The van der Waals surface area contributed by atoms with Gasteiger partial charge in [-0.1, -0.05) is 62.4 Å². The third-order valence-electron chi connectivity index (χ3n) is 10.9. The Labute approximate surface area is 282 Å². The van der Waals surface area contributed by atoms with Crippen LogP contribution in [0, 0.1) is 0 Å². The molecule has 49 heavy (non-hydrogen) atoms. The van der Waals surface area contributed by atoms with Gasteiger partial charge in [-0.05, 0) is 69.8 Å². The van der Waals surface area contributed by atoms with Crippen molar-refractivity contribution in [2.24, 2.45) is 9.98 Å². The Morgan fingerprint density at radius 1 is 0.469 bits per heavy atom. The Bertz CT molecular complexity index is 2670. The first-order valence-electron chi connectivity index (χ1n) is 16.8. The summed E-state index contributed by atoms with van der Waals surface area (Å²) in [6, 6.07) is 30.3. The minimum Gasteiger partial charge on any atom is -0.256 e. The second kappa shape index (κ2) is 9.48. The van der Waals surface area contributed by atoms with Gasteiger partial charge in [0.1, 0.15) is 0 Å². The molecule has 4 aromatic heterocycles. The van der Waals surface area contributed by atoms with Gasteiger partial charge in [-0.15, -0.1) is 0 Å². The third-order valence-corrected chi connectivity index (χ3v) is 10.9. The van der Waals surface area contributed by atoms with E-state index in [4.69, 9.17) is 29.9 Å². The van der Waals surface area contributed by atoms with E-state index in [9.17, 15) is 0 Å². The highest BCUT2D eigenvalue weighted by molar-refractivity contribution is 6.20. The van der Waals surface area contributed by atoms with Gasteiger partial charge in [0.25, 0.3) is 0 Å². The lowest BCUT2D eigenvalue weighted by Gasteiger charge is -2.22. The maximum absolute atomic E-state index is 5.24. The van der Waals surface area contributed by atoms with E-state index in [0.29, 0.717) is 0 Å². The van der Waals surface area contributed by atoms with Crippen molar-refractivity contribution in [1.82, 2.24) is 19.9 Å². The first kappa shape index (κ1) is 26.9. The average molecular weight is 629 g/mol. The van der Waals surface area contributed by atoms with E-state index >= 15 is 0 Å². The summed E-state index contributed by atoms with van der Waals surface area (Å²) in [6.45, 7) is 4.68. The Balaban J connectivity index is 0.988. The molecule has 0 fully saturated rings. The van der Waals surface area contributed by atoms with Gasteiger partial charge in [-0.25, -0.2) is 9.98 Å². The highest BCUT2D eigenvalue weighted by Gasteiger charge is 2.37. The zero-order valence-electron chi connectivity index (χ0n) is 27.0. The van der Waals surface area contributed by atoms with Crippen molar-refractivity contribution < 1.29 is 0 Å². The predicted molar refractivity (Wildman–Crippen MR) is 198 cm³/mol. The first-order chi connectivity index (χ1) is 24.0. The molecular formula is C43H28N6. The van der Waals surface area contributed by atoms with Crippen LogP contribution >= 0.6 is 0 Å². The highest BCUT2D eigenvalue weighted by atomic mass is 14.9. The van der Waals surface area contributed by atoms with Gasteiger partial charge in [0, 0.05) is 75.7 Å². The Kier molecular flexibility index (Phi) is 5.20.